The molecule has 0 saturated heterocycles. The van der Waals surface area contributed by atoms with E-state index in [4.69, 9.17) is 5.84 Å². The standard InChI is InChI=1S/C18H17N5OS/c19-23-17(14-7-2-1-3-8-14)20-21-18(23)25-12-16(24)22-11-10-13-6-4-5-9-15(13)22/h1-9H,10-12,19H2. The van der Waals surface area contributed by atoms with E-state index in [-0.39, 0.29) is 11.7 Å². The first-order valence-corrected chi connectivity index (χ1v) is 8.99. The first kappa shape index (κ1) is 15.7. The van der Waals surface area contributed by atoms with Crippen LogP contribution in [0.1, 0.15) is 5.56 Å². The lowest BCUT2D eigenvalue weighted by atomic mass is 10.2. The van der Waals surface area contributed by atoms with Crippen molar-refractivity contribution in [1.29, 1.82) is 0 Å². The second kappa shape index (κ2) is 6.60. The van der Waals surface area contributed by atoms with Gasteiger partial charge in [-0.2, -0.15) is 0 Å². The molecule has 1 amide bonds. The average molecular weight is 351 g/mol. The maximum atomic E-state index is 12.6. The Labute approximate surface area is 149 Å². The molecule has 0 unspecified atom stereocenters. The van der Waals surface area contributed by atoms with Crippen LogP contribution in [-0.2, 0) is 11.2 Å². The molecule has 7 heteroatoms. The number of hydrogen-bond acceptors (Lipinski definition) is 5. The molecule has 1 aliphatic rings. The Morgan fingerprint density at radius 2 is 1.84 bits per heavy atom. The van der Waals surface area contributed by atoms with Gasteiger partial charge in [-0.25, -0.2) is 4.68 Å². The summed E-state index contributed by atoms with van der Waals surface area (Å²) in [5.74, 6) is 7.01. The molecule has 6 nitrogen and oxygen atoms in total. The Kier molecular flexibility index (Phi) is 4.15. The van der Waals surface area contributed by atoms with Crippen molar-refractivity contribution >= 4 is 23.4 Å². The van der Waals surface area contributed by atoms with Crippen LogP contribution >= 0.6 is 11.8 Å². The van der Waals surface area contributed by atoms with Crippen molar-refractivity contribution in [2.45, 2.75) is 11.6 Å². The molecule has 0 aliphatic carbocycles. The van der Waals surface area contributed by atoms with Crippen molar-refractivity contribution in [3.05, 3.63) is 60.2 Å². The fourth-order valence-corrected chi connectivity index (χ4v) is 3.69. The van der Waals surface area contributed by atoms with Crippen molar-refractivity contribution in [3.63, 3.8) is 0 Å². The monoisotopic (exact) mass is 351 g/mol. The van der Waals surface area contributed by atoms with Crippen LogP contribution in [0.4, 0.5) is 5.69 Å². The maximum absolute atomic E-state index is 12.6. The van der Waals surface area contributed by atoms with Gasteiger partial charge in [0.1, 0.15) is 0 Å². The zero-order valence-electron chi connectivity index (χ0n) is 13.5. The van der Waals surface area contributed by atoms with Crippen LogP contribution in [-0.4, -0.2) is 33.1 Å². The van der Waals surface area contributed by atoms with Crippen LogP contribution in [0.15, 0.2) is 59.8 Å². The minimum atomic E-state index is 0.0548. The minimum Gasteiger partial charge on any atom is -0.335 e. The van der Waals surface area contributed by atoms with E-state index in [0.717, 1.165) is 24.2 Å². The molecule has 0 radical (unpaired) electrons. The van der Waals surface area contributed by atoms with Gasteiger partial charge in [-0.1, -0.05) is 60.3 Å². The summed E-state index contributed by atoms with van der Waals surface area (Å²) in [6, 6.07) is 17.6. The van der Waals surface area contributed by atoms with Gasteiger partial charge in [-0.05, 0) is 18.1 Å². The highest BCUT2D eigenvalue weighted by atomic mass is 32.2. The van der Waals surface area contributed by atoms with Crippen molar-refractivity contribution < 1.29 is 4.79 Å². The fraction of sp³-hybridized carbons (Fsp3) is 0.167. The molecule has 0 atom stereocenters. The minimum absolute atomic E-state index is 0.0548. The Morgan fingerprint density at radius 3 is 2.68 bits per heavy atom. The quantitative estimate of drug-likeness (QED) is 0.577. The van der Waals surface area contributed by atoms with Crippen molar-refractivity contribution in [1.82, 2.24) is 14.9 Å². The van der Waals surface area contributed by atoms with E-state index in [1.165, 1.54) is 22.0 Å². The van der Waals surface area contributed by atoms with E-state index in [2.05, 4.69) is 16.3 Å². The second-order valence-corrected chi connectivity index (χ2v) is 6.70. The number of thioether (sulfide) groups is 1. The summed E-state index contributed by atoms with van der Waals surface area (Å²) < 4.78 is 1.44. The Bertz CT molecular complexity index is 909. The number of fused-ring (bicyclic) bond motifs is 1. The third kappa shape index (κ3) is 2.98. The van der Waals surface area contributed by atoms with Crippen LogP contribution in [0, 0.1) is 0 Å². The van der Waals surface area contributed by atoms with Gasteiger partial charge >= 0.3 is 0 Å². The summed E-state index contributed by atoms with van der Waals surface area (Å²) in [7, 11) is 0. The first-order valence-electron chi connectivity index (χ1n) is 8.01. The summed E-state index contributed by atoms with van der Waals surface area (Å²) >= 11 is 1.31. The van der Waals surface area contributed by atoms with Crippen molar-refractivity contribution in [3.8, 4) is 11.4 Å². The van der Waals surface area contributed by atoms with Crippen LogP contribution in [0.5, 0.6) is 0 Å². The highest BCUT2D eigenvalue weighted by Gasteiger charge is 2.24. The Balaban J connectivity index is 1.46. The number of nitrogens with two attached hydrogens (primary N) is 1. The molecule has 25 heavy (non-hydrogen) atoms. The number of rotatable bonds is 4. The lowest BCUT2D eigenvalue weighted by molar-refractivity contribution is -0.116. The normalized spacial score (nSPS) is 13.0. The molecule has 2 heterocycles. The number of anilines is 1. The highest BCUT2D eigenvalue weighted by Crippen LogP contribution is 2.29. The molecule has 0 bridgehead atoms. The molecule has 1 aliphatic heterocycles. The summed E-state index contributed by atoms with van der Waals surface area (Å²) in [5, 5.41) is 8.78. The highest BCUT2D eigenvalue weighted by molar-refractivity contribution is 7.99. The van der Waals surface area contributed by atoms with Gasteiger partial charge in [0, 0.05) is 17.8 Å². The smallest absolute Gasteiger partial charge is 0.237 e. The molecule has 3 aromatic rings. The first-order chi connectivity index (χ1) is 12.2. The van der Waals surface area contributed by atoms with Crippen molar-refractivity contribution in [2.24, 2.45) is 0 Å². The maximum Gasteiger partial charge on any atom is 0.237 e. The number of aromatic nitrogens is 3. The van der Waals surface area contributed by atoms with E-state index in [1.54, 1.807) is 0 Å². The second-order valence-electron chi connectivity index (χ2n) is 5.75. The zero-order valence-corrected chi connectivity index (χ0v) is 14.3. The average Bonchev–Trinajstić information content (AvgIpc) is 3.24. The largest absolute Gasteiger partial charge is 0.335 e. The number of nitrogens with zero attached hydrogens (tertiary/aromatic N) is 4. The number of carbonyl (C=O) groups excluding carboxylic acids is 1. The molecular weight excluding hydrogens is 334 g/mol. The molecule has 0 saturated carbocycles. The summed E-state index contributed by atoms with van der Waals surface area (Å²) in [6.45, 7) is 0.726. The van der Waals surface area contributed by atoms with Crippen LogP contribution < -0.4 is 10.7 Å². The van der Waals surface area contributed by atoms with Crippen LogP contribution in [0.25, 0.3) is 11.4 Å². The van der Waals surface area contributed by atoms with E-state index >= 15 is 0 Å². The topological polar surface area (TPSA) is 77.0 Å². The fourth-order valence-electron chi connectivity index (χ4n) is 2.96. The molecular formula is C18H17N5OS. The predicted molar refractivity (Wildman–Crippen MR) is 98.8 cm³/mol. The molecule has 4 rings (SSSR count). The number of benzene rings is 2. The molecule has 0 spiro atoms. The Hall–Kier alpha value is -2.80. The molecule has 126 valence electrons. The molecule has 2 aromatic carbocycles. The van der Waals surface area contributed by atoms with Crippen molar-refractivity contribution in [2.75, 3.05) is 23.0 Å². The molecule has 0 fully saturated rings. The lowest BCUT2D eigenvalue weighted by Gasteiger charge is -2.16. The number of nitrogen functional groups attached to an aromatic ring is 1. The number of carbonyl (C=O) groups is 1. The third-order valence-electron chi connectivity index (χ3n) is 4.21. The van der Waals surface area contributed by atoms with E-state index in [1.807, 2.05) is 53.4 Å². The van der Waals surface area contributed by atoms with Gasteiger partial charge < -0.3 is 10.7 Å². The van der Waals surface area contributed by atoms with E-state index in [9.17, 15) is 4.79 Å². The van der Waals surface area contributed by atoms with Gasteiger partial charge in [0.05, 0.1) is 5.75 Å². The van der Waals surface area contributed by atoms with Crippen LogP contribution in [0.2, 0.25) is 0 Å². The summed E-state index contributed by atoms with van der Waals surface area (Å²) in [5.41, 5.74) is 3.12. The Morgan fingerprint density at radius 1 is 1.08 bits per heavy atom. The number of para-hydroxylation sites is 1. The molecule has 2 N–H and O–H groups in total. The predicted octanol–water partition coefficient (Wildman–Crippen LogP) is 2.34. The molecule has 1 aromatic heterocycles. The summed E-state index contributed by atoms with van der Waals surface area (Å²) in [4.78, 5) is 14.4. The summed E-state index contributed by atoms with van der Waals surface area (Å²) in [6.07, 6.45) is 0.901. The van der Waals surface area contributed by atoms with Crippen LogP contribution in [0.3, 0.4) is 0 Å². The SMILES string of the molecule is Nn1c(SCC(=O)N2CCc3ccccc32)nnc1-c1ccccc1. The van der Waals surface area contributed by atoms with Gasteiger partial charge in [-0.3, -0.25) is 4.79 Å². The van der Waals surface area contributed by atoms with Gasteiger partial charge in [-0.15, -0.1) is 10.2 Å². The van der Waals surface area contributed by atoms with Gasteiger partial charge in [0.2, 0.25) is 11.1 Å². The number of amides is 1. The van der Waals surface area contributed by atoms with Gasteiger partial charge in [0.25, 0.3) is 0 Å². The number of hydrogen-bond donors (Lipinski definition) is 1. The lowest BCUT2D eigenvalue weighted by Crippen LogP contribution is -2.30. The zero-order chi connectivity index (χ0) is 17.2. The van der Waals surface area contributed by atoms with E-state index in [0.29, 0.717) is 11.0 Å². The van der Waals surface area contributed by atoms with E-state index < -0.39 is 0 Å². The third-order valence-corrected chi connectivity index (χ3v) is 5.14. The van der Waals surface area contributed by atoms with Gasteiger partial charge in [0.15, 0.2) is 5.82 Å².